The first-order valence-electron chi connectivity index (χ1n) is 8.52. The van der Waals surface area contributed by atoms with E-state index < -0.39 is 0 Å². The van der Waals surface area contributed by atoms with E-state index in [-0.39, 0.29) is 23.5 Å². The molecule has 6 nitrogen and oxygen atoms in total. The van der Waals surface area contributed by atoms with Crippen LogP contribution in [0.4, 0.5) is 4.79 Å². The highest BCUT2D eigenvalue weighted by molar-refractivity contribution is 5.75. The quantitative estimate of drug-likeness (QED) is 0.876. The first-order chi connectivity index (χ1) is 10.8. The van der Waals surface area contributed by atoms with Gasteiger partial charge in [0.15, 0.2) is 0 Å². The fourth-order valence-corrected chi connectivity index (χ4v) is 3.33. The Hall–Kier alpha value is -1.56. The van der Waals surface area contributed by atoms with E-state index in [0.29, 0.717) is 0 Å². The van der Waals surface area contributed by atoms with E-state index in [2.05, 4.69) is 55.1 Å². The normalized spacial score (nSPS) is 20.6. The van der Waals surface area contributed by atoms with Crippen LogP contribution >= 0.6 is 0 Å². The fourth-order valence-electron chi connectivity index (χ4n) is 3.33. The van der Waals surface area contributed by atoms with Gasteiger partial charge >= 0.3 is 6.03 Å². The van der Waals surface area contributed by atoms with Crippen LogP contribution in [0.15, 0.2) is 12.4 Å². The molecule has 1 aromatic heterocycles. The number of aromatic amines is 1. The number of urea groups is 1. The van der Waals surface area contributed by atoms with Crippen molar-refractivity contribution in [3.63, 3.8) is 0 Å². The minimum Gasteiger partial charge on any atom is -0.347 e. The lowest BCUT2D eigenvalue weighted by molar-refractivity contribution is 0.129. The molecule has 0 bridgehead atoms. The van der Waals surface area contributed by atoms with Gasteiger partial charge < -0.3 is 20.1 Å². The van der Waals surface area contributed by atoms with Crippen LogP contribution < -0.4 is 5.32 Å². The van der Waals surface area contributed by atoms with E-state index >= 15 is 0 Å². The van der Waals surface area contributed by atoms with Crippen LogP contribution in [-0.2, 0) is 0 Å². The number of imidazole rings is 1. The Morgan fingerprint density at radius 3 is 2.87 bits per heavy atom. The summed E-state index contributed by atoms with van der Waals surface area (Å²) in [4.78, 5) is 24.4. The largest absolute Gasteiger partial charge is 0.347 e. The van der Waals surface area contributed by atoms with Crippen molar-refractivity contribution in [2.45, 2.75) is 52.1 Å². The zero-order valence-corrected chi connectivity index (χ0v) is 15.1. The Morgan fingerprint density at radius 1 is 1.52 bits per heavy atom. The zero-order valence-electron chi connectivity index (χ0n) is 15.1. The van der Waals surface area contributed by atoms with Crippen molar-refractivity contribution >= 4 is 6.03 Å². The van der Waals surface area contributed by atoms with Gasteiger partial charge in [0.2, 0.25) is 0 Å². The first-order valence-corrected chi connectivity index (χ1v) is 8.52. The van der Waals surface area contributed by atoms with Gasteiger partial charge in [-0.3, -0.25) is 0 Å². The summed E-state index contributed by atoms with van der Waals surface area (Å²) in [6, 6.07) is 0.171. The lowest BCUT2D eigenvalue weighted by Crippen LogP contribution is -2.53. The second-order valence-corrected chi connectivity index (χ2v) is 7.58. The number of carbonyl (C=O) groups is 1. The third kappa shape index (κ3) is 4.47. The maximum Gasteiger partial charge on any atom is 0.318 e. The molecule has 2 N–H and O–H groups in total. The summed E-state index contributed by atoms with van der Waals surface area (Å²) >= 11 is 0. The number of piperidine rings is 1. The molecule has 23 heavy (non-hydrogen) atoms. The summed E-state index contributed by atoms with van der Waals surface area (Å²) in [5, 5.41) is 3.21. The molecule has 2 atom stereocenters. The number of hydrogen-bond donors (Lipinski definition) is 2. The number of likely N-dealkylation sites (tertiary alicyclic amines) is 1. The van der Waals surface area contributed by atoms with Crippen molar-refractivity contribution in [1.82, 2.24) is 25.1 Å². The number of rotatable bonds is 5. The van der Waals surface area contributed by atoms with Gasteiger partial charge in [-0.1, -0.05) is 13.8 Å². The van der Waals surface area contributed by atoms with E-state index in [1.165, 1.54) is 0 Å². The van der Waals surface area contributed by atoms with Gasteiger partial charge in [-0.15, -0.1) is 0 Å². The van der Waals surface area contributed by atoms with Gasteiger partial charge in [-0.05, 0) is 45.7 Å². The molecule has 6 heteroatoms. The van der Waals surface area contributed by atoms with E-state index in [0.717, 1.165) is 38.2 Å². The molecule has 0 aliphatic carbocycles. The predicted octanol–water partition coefficient (Wildman–Crippen LogP) is 2.62. The van der Waals surface area contributed by atoms with Crippen LogP contribution in [0.2, 0.25) is 0 Å². The number of nitrogens with zero attached hydrogens (tertiary/aromatic N) is 3. The Labute approximate surface area is 139 Å². The van der Waals surface area contributed by atoms with Crippen molar-refractivity contribution < 1.29 is 4.79 Å². The van der Waals surface area contributed by atoms with Gasteiger partial charge in [0, 0.05) is 31.5 Å². The highest BCUT2D eigenvalue weighted by Gasteiger charge is 2.33. The number of amides is 2. The van der Waals surface area contributed by atoms with Crippen molar-refractivity contribution in [1.29, 1.82) is 0 Å². The van der Waals surface area contributed by atoms with Crippen molar-refractivity contribution in [2.75, 3.05) is 27.2 Å². The minimum absolute atomic E-state index is 0.00905. The highest BCUT2D eigenvalue weighted by Crippen LogP contribution is 2.29. The number of aromatic nitrogens is 2. The van der Waals surface area contributed by atoms with Gasteiger partial charge in [0.25, 0.3) is 0 Å². The van der Waals surface area contributed by atoms with Crippen LogP contribution in [0.1, 0.15) is 51.9 Å². The van der Waals surface area contributed by atoms with E-state index in [4.69, 9.17) is 0 Å². The second kappa shape index (κ2) is 7.34. The van der Waals surface area contributed by atoms with E-state index in [1.54, 1.807) is 6.20 Å². The zero-order chi connectivity index (χ0) is 17.0. The lowest BCUT2D eigenvalue weighted by Gasteiger charge is -2.39. The second-order valence-electron chi connectivity index (χ2n) is 7.58. The van der Waals surface area contributed by atoms with Gasteiger partial charge in [0.1, 0.15) is 5.82 Å². The fraction of sp³-hybridized carbons (Fsp3) is 0.765. The Morgan fingerprint density at radius 2 is 2.26 bits per heavy atom. The summed E-state index contributed by atoms with van der Waals surface area (Å²) in [5.74, 6) is 0.889. The van der Waals surface area contributed by atoms with Crippen LogP contribution in [0.25, 0.3) is 0 Å². The number of carbonyl (C=O) groups excluding carboxylic acids is 1. The summed E-state index contributed by atoms with van der Waals surface area (Å²) < 4.78 is 0. The Bertz CT molecular complexity index is 497. The van der Waals surface area contributed by atoms with Crippen LogP contribution in [0, 0.1) is 5.41 Å². The Balaban J connectivity index is 2.03. The number of hydrogen-bond acceptors (Lipinski definition) is 3. The van der Waals surface area contributed by atoms with Crippen LogP contribution in [0.3, 0.4) is 0 Å². The average molecular weight is 321 g/mol. The lowest BCUT2D eigenvalue weighted by atomic mass is 9.85. The smallest absolute Gasteiger partial charge is 0.318 e. The van der Waals surface area contributed by atoms with Crippen molar-refractivity contribution in [3.05, 3.63) is 18.2 Å². The molecule has 1 saturated heterocycles. The van der Waals surface area contributed by atoms with Gasteiger partial charge in [-0.25, -0.2) is 9.78 Å². The summed E-state index contributed by atoms with van der Waals surface area (Å²) in [7, 11) is 4.13. The molecule has 130 valence electrons. The molecule has 2 heterocycles. The topological polar surface area (TPSA) is 64.3 Å². The molecule has 1 aliphatic rings. The average Bonchev–Trinajstić information content (AvgIpc) is 2.99. The van der Waals surface area contributed by atoms with Crippen LogP contribution in [-0.4, -0.2) is 59.0 Å². The molecule has 0 saturated carbocycles. The molecular weight excluding hydrogens is 290 g/mol. The summed E-state index contributed by atoms with van der Waals surface area (Å²) in [6.07, 6.45) is 6.74. The standard InChI is InChI=1S/C17H31N5O/c1-13(17(2,3)12-21(4)5)20-16(23)22-11-7-6-8-14(22)15-18-9-10-19-15/h9-10,13-14H,6-8,11-12H2,1-5H3,(H,18,19)(H,20,23)/t13-,14-/m1/s1. The first kappa shape index (κ1) is 17.8. The molecule has 1 fully saturated rings. The van der Waals surface area contributed by atoms with Crippen LogP contribution in [0.5, 0.6) is 0 Å². The van der Waals surface area contributed by atoms with Crippen molar-refractivity contribution in [3.8, 4) is 0 Å². The molecule has 0 aromatic carbocycles. The van der Waals surface area contributed by atoms with E-state index in [1.807, 2.05) is 11.1 Å². The van der Waals surface area contributed by atoms with E-state index in [9.17, 15) is 4.79 Å². The Kier molecular flexibility index (Phi) is 5.68. The predicted molar refractivity (Wildman–Crippen MR) is 92.2 cm³/mol. The highest BCUT2D eigenvalue weighted by atomic mass is 16.2. The summed E-state index contributed by atoms with van der Waals surface area (Å²) in [6.45, 7) is 8.19. The maximum atomic E-state index is 12.8. The number of H-pyrrole nitrogens is 1. The summed E-state index contributed by atoms with van der Waals surface area (Å²) in [5.41, 5.74) is 0.00905. The molecule has 1 aliphatic heterocycles. The maximum absolute atomic E-state index is 12.8. The van der Waals surface area contributed by atoms with Crippen molar-refractivity contribution in [2.24, 2.45) is 5.41 Å². The third-order valence-corrected chi connectivity index (χ3v) is 4.83. The monoisotopic (exact) mass is 321 g/mol. The molecule has 1 aromatic rings. The van der Waals surface area contributed by atoms with Gasteiger partial charge in [0.05, 0.1) is 6.04 Å². The molecule has 2 amide bonds. The number of nitrogens with one attached hydrogen (secondary N) is 2. The molecule has 2 rings (SSSR count). The molecule has 0 radical (unpaired) electrons. The SMILES string of the molecule is C[C@@H](NC(=O)N1CCCC[C@@H]1c1ncc[nH]1)C(C)(C)CN(C)C. The van der Waals surface area contributed by atoms with Gasteiger partial charge in [-0.2, -0.15) is 0 Å². The molecule has 0 spiro atoms. The third-order valence-electron chi connectivity index (χ3n) is 4.83. The minimum atomic E-state index is 0.00905. The molecular formula is C17H31N5O. The molecule has 0 unspecified atom stereocenters.